The maximum Gasteiger partial charge on any atom is 0.167 e. The Morgan fingerprint density at radius 3 is 2.62 bits per heavy atom. The van der Waals surface area contributed by atoms with Crippen LogP contribution in [0.15, 0.2) is 18.5 Å². The Morgan fingerprint density at radius 2 is 2.00 bits per heavy atom. The van der Waals surface area contributed by atoms with E-state index in [1.54, 1.807) is 12.4 Å². The van der Waals surface area contributed by atoms with Gasteiger partial charge in [-0.25, -0.2) is 0 Å². The predicted octanol–water partition coefficient (Wildman–Crippen LogP) is 4.66. The summed E-state index contributed by atoms with van der Waals surface area (Å²) in [5, 5.41) is 0. The van der Waals surface area contributed by atoms with Crippen LogP contribution in [0.25, 0.3) is 0 Å². The summed E-state index contributed by atoms with van der Waals surface area (Å²) in [5.41, 5.74) is 0.701. The molecule has 0 radical (unpaired) electrons. The minimum Gasteiger partial charge on any atom is -0.489 e. The number of ether oxygens (including phenoxy) is 1. The van der Waals surface area contributed by atoms with Gasteiger partial charge in [0, 0.05) is 17.7 Å². The molecule has 1 aromatic heterocycles. The molecular weight excluding hydrogens is 262 g/mol. The molecule has 0 aliphatic heterocycles. The Balaban J connectivity index is 1.97. The summed E-state index contributed by atoms with van der Waals surface area (Å²) in [6.45, 7) is 6.19. The second kappa shape index (κ2) is 7.58. The number of nitrogens with zero attached hydrogens (tertiary/aromatic N) is 1. The number of hydrogen-bond acceptors (Lipinski definition) is 3. The fourth-order valence-corrected chi connectivity index (χ4v) is 3.25. The molecule has 0 atom stereocenters. The van der Waals surface area contributed by atoms with Crippen LogP contribution in [-0.4, -0.2) is 16.9 Å². The first kappa shape index (κ1) is 16.0. The topological polar surface area (TPSA) is 39.2 Å². The highest BCUT2D eigenvalue weighted by molar-refractivity contribution is 5.97. The van der Waals surface area contributed by atoms with Crippen molar-refractivity contribution in [3.05, 3.63) is 24.0 Å². The number of Topliss-reactive ketones (excluding diaryl/α,β-unsaturated/α-hetero) is 1. The molecule has 3 nitrogen and oxygen atoms in total. The van der Waals surface area contributed by atoms with E-state index in [0.29, 0.717) is 11.3 Å². The molecule has 116 valence electrons. The first-order valence-electron chi connectivity index (χ1n) is 8.26. The first-order chi connectivity index (χ1) is 10.1. The Labute approximate surface area is 128 Å². The summed E-state index contributed by atoms with van der Waals surface area (Å²) in [4.78, 5) is 16.8. The monoisotopic (exact) mass is 289 g/mol. The van der Waals surface area contributed by atoms with Gasteiger partial charge in [-0.05, 0) is 51.5 Å². The van der Waals surface area contributed by atoms with Crippen LogP contribution in [0.1, 0.15) is 69.7 Å². The van der Waals surface area contributed by atoms with Crippen molar-refractivity contribution in [2.24, 2.45) is 11.8 Å². The lowest BCUT2D eigenvalue weighted by Crippen LogP contribution is -2.22. The van der Waals surface area contributed by atoms with Crippen LogP contribution in [0.4, 0.5) is 0 Å². The Kier molecular flexibility index (Phi) is 5.77. The van der Waals surface area contributed by atoms with Crippen molar-refractivity contribution in [3.8, 4) is 5.75 Å². The highest BCUT2D eigenvalue weighted by atomic mass is 16.5. The van der Waals surface area contributed by atoms with Gasteiger partial charge in [0.05, 0.1) is 12.3 Å². The summed E-state index contributed by atoms with van der Waals surface area (Å²) < 4.78 is 5.63. The highest BCUT2D eigenvalue weighted by Gasteiger charge is 2.26. The molecule has 0 amide bonds. The number of rotatable bonds is 6. The minimum atomic E-state index is 0.0987. The van der Waals surface area contributed by atoms with Gasteiger partial charge in [-0.15, -0.1) is 0 Å². The van der Waals surface area contributed by atoms with Crippen molar-refractivity contribution in [2.75, 3.05) is 0 Å². The van der Waals surface area contributed by atoms with Crippen LogP contribution in [0.2, 0.25) is 0 Å². The van der Waals surface area contributed by atoms with Gasteiger partial charge in [0.2, 0.25) is 0 Å². The molecule has 0 saturated heterocycles. The number of ketones is 1. The molecule has 3 heteroatoms. The Morgan fingerprint density at radius 1 is 1.29 bits per heavy atom. The van der Waals surface area contributed by atoms with E-state index in [1.165, 1.54) is 25.7 Å². The highest BCUT2D eigenvalue weighted by Crippen LogP contribution is 2.33. The van der Waals surface area contributed by atoms with E-state index in [0.717, 1.165) is 18.8 Å². The number of hydrogen-bond donors (Lipinski definition) is 0. The molecule has 21 heavy (non-hydrogen) atoms. The fourth-order valence-electron chi connectivity index (χ4n) is 3.25. The van der Waals surface area contributed by atoms with Gasteiger partial charge in [0.15, 0.2) is 5.78 Å². The lowest BCUT2D eigenvalue weighted by Gasteiger charge is -2.27. The van der Waals surface area contributed by atoms with Gasteiger partial charge in [0.25, 0.3) is 0 Å². The molecule has 0 bridgehead atoms. The van der Waals surface area contributed by atoms with Crippen molar-refractivity contribution in [1.29, 1.82) is 0 Å². The second-order valence-corrected chi connectivity index (χ2v) is 6.45. The average Bonchev–Trinajstić information content (AvgIpc) is 2.47. The van der Waals surface area contributed by atoms with Gasteiger partial charge in [0.1, 0.15) is 5.75 Å². The van der Waals surface area contributed by atoms with Gasteiger partial charge < -0.3 is 4.74 Å². The summed E-state index contributed by atoms with van der Waals surface area (Å²) >= 11 is 0. The molecule has 1 fully saturated rings. The van der Waals surface area contributed by atoms with E-state index in [-0.39, 0.29) is 17.8 Å². The molecule has 2 rings (SSSR count). The third-order valence-electron chi connectivity index (χ3n) is 4.28. The molecule has 0 spiro atoms. The maximum absolute atomic E-state index is 12.6. The van der Waals surface area contributed by atoms with Gasteiger partial charge >= 0.3 is 0 Å². The van der Waals surface area contributed by atoms with Crippen molar-refractivity contribution in [2.45, 2.75) is 65.4 Å². The fraction of sp³-hybridized carbons (Fsp3) is 0.667. The molecule has 0 aromatic carbocycles. The maximum atomic E-state index is 12.6. The van der Waals surface area contributed by atoms with Crippen LogP contribution < -0.4 is 4.74 Å². The number of carbonyl (C=O) groups excluding carboxylic acids is 1. The Bertz CT molecular complexity index is 462. The van der Waals surface area contributed by atoms with Crippen LogP contribution in [0.3, 0.4) is 0 Å². The van der Waals surface area contributed by atoms with E-state index >= 15 is 0 Å². The summed E-state index contributed by atoms with van der Waals surface area (Å²) in [6, 6.07) is 1.84. The largest absolute Gasteiger partial charge is 0.489 e. The van der Waals surface area contributed by atoms with E-state index in [9.17, 15) is 4.79 Å². The van der Waals surface area contributed by atoms with Crippen LogP contribution >= 0.6 is 0 Å². The normalized spacial score (nSPS) is 22.3. The van der Waals surface area contributed by atoms with Gasteiger partial charge in [-0.1, -0.05) is 19.8 Å². The molecule has 1 aliphatic rings. The third-order valence-corrected chi connectivity index (χ3v) is 4.28. The number of aromatic nitrogens is 1. The Hall–Kier alpha value is -1.38. The van der Waals surface area contributed by atoms with E-state index in [2.05, 4.69) is 11.9 Å². The van der Waals surface area contributed by atoms with Crippen LogP contribution in [-0.2, 0) is 0 Å². The molecular formula is C18H27NO2. The van der Waals surface area contributed by atoms with Gasteiger partial charge in [-0.2, -0.15) is 0 Å². The lowest BCUT2D eigenvalue weighted by atomic mass is 9.77. The second-order valence-electron chi connectivity index (χ2n) is 6.45. The third kappa shape index (κ3) is 4.55. The number of pyridine rings is 1. The first-order valence-corrected chi connectivity index (χ1v) is 8.26. The zero-order valence-electron chi connectivity index (χ0n) is 13.5. The molecule has 1 aliphatic carbocycles. The molecule has 1 aromatic rings. The zero-order valence-corrected chi connectivity index (χ0v) is 13.5. The van der Waals surface area contributed by atoms with Crippen LogP contribution in [0.5, 0.6) is 5.75 Å². The van der Waals surface area contributed by atoms with Crippen molar-refractivity contribution < 1.29 is 9.53 Å². The van der Waals surface area contributed by atoms with Crippen molar-refractivity contribution in [3.63, 3.8) is 0 Å². The molecule has 1 saturated carbocycles. The standard InChI is InChI=1S/C18H27NO2/c1-4-5-14-6-8-15(9-7-14)18(20)16-10-17(12-19-11-16)21-13(2)3/h10-15H,4-9H2,1-3H3. The van der Waals surface area contributed by atoms with E-state index < -0.39 is 0 Å². The lowest BCUT2D eigenvalue weighted by molar-refractivity contribution is 0.0868. The SMILES string of the molecule is CCCC1CCC(C(=O)c2cncc(OC(C)C)c2)CC1. The molecule has 1 heterocycles. The van der Waals surface area contributed by atoms with E-state index in [1.807, 2.05) is 19.9 Å². The van der Waals surface area contributed by atoms with Crippen molar-refractivity contribution >= 4 is 5.78 Å². The zero-order chi connectivity index (χ0) is 15.2. The molecule has 0 N–H and O–H groups in total. The summed E-state index contributed by atoms with van der Waals surface area (Å²) in [7, 11) is 0. The van der Waals surface area contributed by atoms with E-state index in [4.69, 9.17) is 4.74 Å². The quantitative estimate of drug-likeness (QED) is 0.715. The number of carbonyl (C=O) groups is 1. The van der Waals surface area contributed by atoms with Gasteiger partial charge in [-0.3, -0.25) is 9.78 Å². The summed E-state index contributed by atoms with van der Waals surface area (Å²) in [5.74, 6) is 1.93. The average molecular weight is 289 g/mol. The smallest absolute Gasteiger partial charge is 0.167 e. The molecule has 0 unspecified atom stereocenters. The summed E-state index contributed by atoms with van der Waals surface area (Å²) in [6.07, 6.45) is 10.4. The predicted molar refractivity (Wildman–Crippen MR) is 84.7 cm³/mol. The van der Waals surface area contributed by atoms with Crippen LogP contribution in [0, 0.1) is 11.8 Å². The van der Waals surface area contributed by atoms with Crippen molar-refractivity contribution in [1.82, 2.24) is 4.98 Å². The minimum absolute atomic E-state index is 0.0987.